The SMILES string of the molecule is CN[C@@H](C)C(=O)N[C@H](C(=O)N1CC[C@@H]2[C@H]1C(=O)C[C@@H](Cc1ccc3ccccc3c1)C(=O)N[C@H](C(=O)OC)Cc1ccc(cc1)OC/C(N=N)=C/N(C)C1CCN(C(=O)[C@@H](NC(=O)[C@H](C)NC)C(C)(C)C)[C@@H]1[C@@H](Cc1ccc3ccccc3c1)C(=O)N[C@H](C(=O)O)Cc1ccc(cc1)OCc1cn2nn1)C(C)(C)C. The lowest BCUT2D eigenvalue weighted by atomic mass is 9.83. The third-order valence-corrected chi connectivity index (χ3v) is 21.1. The summed E-state index contributed by atoms with van der Waals surface area (Å²) in [7, 11) is 6.23. The van der Waals surface area contributed by atoms with Crippen molar-refractivity contribution < 1.29 is 62.5 Å². The van der Waals surface area contributed by atoms with Gasteiger partial charge in [0.2, 0.25) is 35.4 Å². The number of hydrogen-bond acceptors (Lipinski definition) is 19. The second-order valence-corrected chi connectivity index (χ2v) is 30.9. The summed E-state index contributed by atoms with van der Waals surface area (Å²) in [4.78, 5) is 137. The van der Waals surface area contributed by atoms with Crippen molar-refractivity contribution in [1.29, 1.82) is 5.53 Å². The Morgan fingerprint density at radius 3 is 1.66 bits per heavy atom. The molecule has 27 nitrogen and oxygen atoms in total. The molecule has 0 spiro atoms. The standard InChI is InChI=1S/C82H102N14O13/c1-48(84-9)73(98)88-71(81(3,4)5)77(102)94-35-33-66-69(94)63(40-53-22-28-55-18-14-16-20-57(55)38-53)76(101)86-64(79(104)105)41-50-23-29-62(30-24-50)109-47-60-45-96(92-91-60)67-34-36-95(78(103)72(82(6,7)8)89-74(99)49(2)85-10)70(67)68(97)43-58(39-52-21-27-54-17-13-15-19-56(54)37-52)75(100)87-65(80(106)107-12)42-51-25-31-61(32-26-51)108-46-59(90-83)44-93(66)11/h13-32,37-38,44-45,48-49,58,63-67,69-72,83-85H,33-36,39-43,46-47H2,1-12H3,(H,86,101)(H,87,100)(H,88,98)(H,89,99)(H,104,105)/b59-44-,90-83?/t48-,49-,58+,63+,64-,65-,66?,67+,69+,70-,71+,72+/m0/s1. The highest BCUT2D eigenvalue weighted by atomic mass is 16.5. The molecule has 7 heterocycles. The highest BCUT2D eigenvalue weighted by Crippen LogP contribution is 2.38. The van der Waals surface area contributed by atoms with Gasteiger partial charge in [0.25, 0.3) is 0 Å². The summed E-state index contributed by atoms with van der Waals surface area (Å²) in [6.45, 7) is 14.1. The van der Waals surface area contributed by atoms with Crippen LogP contribution in [0.25, 0.3) is 21.5 Å². The van der Waals surface area contributed by atoms with Crippen LogP contribution in [0.5, 0.6) is 11.5 Å². The zero-order chi connectivity index (χ0) is 78.6. The van der Waals surface area contributed by atoms with Crippen LogP contribution < -0.4 is 41.4 Å². The van der Waals surface area contributed by atoms with E-state index >= 15 is 24.0 Å². The van der Waals surface area contributed by atoms with Gasteiger partial charge in [-0.3, -0.25) is 33.6 Å². The van der Waals surface area contributed by atoms with Gasteiger partial charge in [0, 0.05) is 51.5 Å². The van der Waals surface area contributed by atoms with Gasteiger partial charge in [-0.2, -0.15) is 5.11 Å². The number of benzene rings is 6. The number of fused-ring (bicyclic) bond motifs is 2. The van der Waals surface area contributed by atoms with Crippen molar-refractivity contribution in [2.75, 3.05) is 47.9 Å². The van der Waals surface area contributed by atoms with Gasteiger partial charge in [-0.05, 0) is 133 Å². The van der Waals surface area contributed by atoms with Crippen LogP contribution in [0.15, 0.2) is 157 Å². The molecule has 6 amide bonds. The number of likely N-dealkylation sites (tertiary alicyclic amines) is 2. The molecule has 8 N–H and O–H groups in total. The van der Waals surface area contributed by atoms with Crippen LogP contribution in [0.2, 0.25) is 0 Å². The summed E-state index contributed by atoms with van der Waals surface area (Å²) in [5, 5.41) is 45.2. The van der Waals surface area contributed by atoms with Gasteiger partial charge >= 0.3 is 11.9 Å². The first kappa shape index (κ1) is 80.6. The fourth-order valence-corrected chi connectivity index (χ4v) is 14.7. The lowest BCUT2D eigenvalue weighted by Gasteiger charge is -2.41. The predicted octanol–water partition coefficient (Wildman–Crippen LogP) is 7.44. The zero-order valence-corrected chi connectivity index (χ0v) is 64.0. The number of methoxy groups -OCH3 is 1. The van der Waals surface area contributed by atoms with E-state index in [2.05, 4.69) is 47.3 Å². The maximum atomic E-state index is 15.7. The maximum Gasteiger partial charge on any atom is 0.328 e. The monoisotopic (exact) mass is 1490 g/mol. The third kappa shape index (κ3) is 19.9. The first-order chi connectivity index (χ1) is 51.9. The van der Waals surface area contributed by atoms with Crippen LogP contribution >= 0.6 is 0 Å². The summed E-state index contributed by atoms with van der Waals surface area (Å²) in [6.07, 6.45) is 3.18. The van der Waals surface area contributed by atoms with Gasteiger partial charge in [-0.15, -0.1) is 5.10 Å². The number of amides is 6. The van der Waals surface area contributed by atoms with Crippen molar-refractivity contribution in [1.82, 2.24) is 61.6 Å². The number of hydrogen-bond donors (Lipinski definition) is 8. The summed E-state index contributed by atoms with van der Waals surface area (Å²) in [6, 6.07) is 30.4. The van der Waals surface area contributed by atoms with E-state index in [1.165, 1.54) is 16.7 Å². The van der Waals surface area contributed by atoms with Crippen molar-refractivity contribution in [2.24, 2.45) is 27.8 Å². The quantitative estimate of drug-likeness (QED) is 0.0365. The largest absolute Gasteiger partial charge is 0.487 e. The van der Waals surface area contributed by atoms with Gasteiger partial charge in [0.15, 0.2) is 5.78 Å². The van der Waals surface area contributed by atoms with Crippen LogP contribution in [0.3, 0.4) is 0 Å². The molecule has 6 bridgehead atoms. The number of nitrogens with one attached hydrogen (secondary N) is 7. The van der Waals surface area contributed by atoms with E-state index in [0.717, 1.165) is 32.7 Å². The Kier molecular flexibility index (Phi) is 26.2. The first-order valence-corrected chi connectivity index (χ1v) is 37.1. The number of rotatable bonds is 15. The predicted molar refractivity (Wildman–Crippen MR) is 409 cm³/mol. The molecule has 6 aromatic carbocycles. The number of carboxylic acid groups (broad SMARTS) is 1. The Bertz CT molecular complexity index is 4490. The number of ketones is 1. The minimum atomic E-state index is -1.48. The second-order valence-electron chi connectivity index (χ2n) is 30.9. The first-order valence-electron chi connectivity index (χ1n) is 37.1. The molecule has 7 aromatic rings. The van der Waals surface area contributed by atoms with Gasteiger partial charge in [-0.1, -0.05) is 156 Å². The van der Waals surface area contributed by atoms with Crippen LogP contribution in [0.4, 0.5) is 0 Å². The molecule has 13 rings (SSSR count). The Balaban J connectivity index is 1.04. The molecule has 0 saturated carbocycles. The molecule has 1 aromatic heterocycles. The number of Topliss-reactive ketones (excluding diaryl/α,β-unsaturated/α-hetero) is 1. The topological polar surface area (TPSA) is 350 Å². The molecule has 6 aliphatic heterocycles. The molecule has 2 saturated heterocycles. The van der Waals surface area contributed by atoms with Gasteiger partial charge in [-0.25, -0.2) is 19.8 Å². The number of ether oxygens (including phenoxy) is 3. The number of carbonyl (C=O) groups excluding carboxylic acids is 8. The summed E-state index contributed by atoms with van der Waals surface area (Å²) < 4.78 is 19.4. The molecule has 578 valence electrons. The molecule has 109 heavy (non-hydrogen) atoms. The Morgan fingerprint density at radius 1 is 0.642 bits per heavy atom. The number of carbonyl (C=O) groups is 9. The van der Waals surface area contributed by atoms with Crippen LogP contribution in [0, 0.1) is 28.2 Å². The molecule has 27 heteroatoms. The van der Waals surface area contributed by atoms with Crippen molar-refractivity contribution in [3.05, 3.63) is 180 Å². The van der Waals surface area contributed by atoms with Crippen molar-refractivity contribution in [3.63, 3.8) is 0 Å². The molecule has 0 aliphatic carbocycles. The lowest BCUT2D eigenvalue weighted by Crippen LogP contribution is -2.61. The molecular formula is C82H102N14O13. The molecule has 6 aliphatic rings. The van der Waals surface area contributed by atoms with Gasteiger partial charge in [0.05, 0.1) is 49.4 Å². The van der Waals surface area contributed by atoms with Crippen LogP contribution in [-0.4, -0.2) is 190 Å². The number of aliphatic carboxylic acids is 1. The van der Waals surface area contributed by atoms with E-state index in [4.69, 9.17) is 19.7 Å². The molecular weight excluding hydrogens is 1390 g/mol. The Hall–Kier alpha value is -10.9. The molecule has 12 atom stereocenters. The lowest BCUT2D eigenvalue weighted by molar-refractivity contribution is -0.146. The van der Waals surface area contributed by atoms with E-state index in [0.29, 0.717) is 34.7 Å². The van der Waals surface area contributed by atoms with Crippen molar-refractivity contribution >= 4 is 74.7 Å². The fourth-order valence-electron chi connectivity index (χ4n) is 14.7. The van der Waals surface area contributed by atoms with E-state index in [9.17, 15) is 24.3 Å². The molecule has 0 radical (unpaired) electrons. The molecule has 2 fully saturated rings. The van der Waals surface area contributed by atoms with E-state index < -0.39 is 143 Å². The summed E-state index contributed by atoms with van der Waals surface area (Å²) >= 11 is 0. The highest BCUT2D eigenvalue weighted by molar-refractivity contribution is 5.97. The highest BCUT2D eigenvalue weighted by Gasteiger charge is 2.51. The Labute approximate surface area is 635 Å². The van der Waals surface area contributed by atoms with Crippen molar-refractivity contribution in [2.45, 2.75) is 167 Å². The average Bonchev–Trinajstić information content (AvgIpc) is 1.65. The van der Waals surface area contributed by atoms with E-state index in [1.807, 2.05) is 126 Å². The van der Waals surface area contributed by atoms with Crippen LogP contribution in [-0.2, 0) is 80.2 Å². The number of carboxylic acids is 1. The molecule has 1 unspecified atom stereocenters. The number of esters is 1. The van der Waals surface area contributed by atoms with E-state index in [-0.39, 0.29) is 64.1 Å². The number of nitrogens with zero attached hydrogens (tertiary/aromatic N) is 7. The normalized spacial score (nSPS) is 22.4. The zero-order valence-electron chi connectivity index (χ0n) is 64.0. The maximum absolute atomic E-state index is 15.7. The third-order valence-electron chi connectivity index (χ3n) is 21.1. The van der Waals surface area contributed by atoms with Crippen molar-refractivity contribution in [3.8, 4) is 11.5 Å². The smallest absolute Gasteiger partial charge is 0.328 e. The fraction of sp³-hybridized carbons (Fsp3) is 0.451. The summed E-state index contributed by atoms with van der Waals surface area (Å²) in [5.74, 6) is -7.22. The van der Waals surface area contributed by atoms with Gasteiger partial charge in [0.1, 0.15) is 66.3 Å². The van der Waals surface area contributed by atoms with Crippen LogP contribution in [0.1, 0.15) is 109 Å². The minimum Gasteiger partial charge on any atom is -0.487 e. The second kappa shape index (κ2) is 35.4. The average molecular weight is 1490 g/mol. The number of likely N-dealkylation sites (N-methyl/N-ethyl adjacent to an activating group) is 3. The minimum absolute atomic E-state index is 0.0376. The summed E-state index contributed by atoms with van der Waals surface area (Å²) in [5.41, 5.74) is 9.79. The van der Waals surface area contributed by atoms with E-state index in [1.54, 1.807) is 106 Å². The van der Waals surface area contributed by atoms with Gasteiger partial charge < -0.3 is 65.9 Å². The Morgan fingerprint density at radius 2 is 1.14 bits per heavy atom. The number of aromatic nitrogens is 3.